The highest BCUT2D eigenvalue weighted by Crippen LogP contribution is 2.31. The SMILES string of the molecule is FC(F)(F)c1ccc(-c2cn3nc(Br)sc3n2)cc1. The van der Waals surface area contributed by atoms with Gasteiger partial charge in [-0.1, -0.05) is 23.5 Å². The van der Waals surface area contributed by atoms with Gasteiger partial charge in [0.15, 0.2) is 3.92 Å². The summed E-state index contributed by atoms with van der Waals surface area (Å²) in [7, 11) is 0. The van der Waals surface area contributed by atoms with Gasteiger partial charge in [0.2, 0.25) is 4.96 Å². The summed E-state index contributed by atoms with van der Waals surface area (Å²) in [6.45, 7) is 0. The Kier molecular flexibility index (Phi) is 2.86. The predicted octanol–water partition coefficient (Wildman–Crippen LogP) is 4.24. The molecule has 0 radical (unpaired) electrons. The molecule has 0 N–H and O–H groups in total. The van der Waals surface area contributed by atoms with E-state index in [1.807, 2.05) is 0 Å². The van der Waals surface area contributed by atoms with Gasteiger partial charge in [0.05, 0.1) is 17.5 Å². The van der Waals surface area contributed by atoms with Crippen LogP contribution in [0.25, 0.3) is 16.2 Å². The fourth-order valence-corrected chi connectivity index (χ4v) is 2.86. The number of halogens is 4. The maximum atomic E-state index is 12.5. The van der Waals surface area contributed by atoms with Crippen LogP contribution in [0, 0.1) is 0 Å². The fraction of sp³-hybridized carbons (Fsp3) is 0.0909. The highest BCUT2D eigenvalue weighted by Gasteiger charge is 2.30. The lowest BCUT2D eigenvalue weighted by molar-refractivity contribution is -0.137. The van der Waals surface area contributed by atoms with Crippen LogP contribution in [-0.4, -0.2) is 14.6 Å². The van der Waals surface area contributed by atoms with Gasteiger partial charge in [0, 0.05) is 5.56 Å². The second-order valence-corrected chi connectivity index (χ2v) is 6.02. The van der Waals surface area contributed by atoms with Gasteiger partial charge in [-0.15, -0.1) is 5.10 Å². The molecule has 0 unspecified atom stereocenters. The summed E-state index contributed by atoms with van der Waals surface area (Å²) in [4.78, 5) is 4.99. The molecule has 0 aliphatic heterocycles. The number of aromatic nitrogens is 3. The lowest BCUT2D eigenvalue weighted by atomic mass is 10.1. The van der Waals surface area contributed by atoms with Crippen LogP contribution in [0.5, 0.6) is 0 Å². The second kappa shape index (κ2) is 4.31. The number of hydrogen-bond donors (Lipinski definition) is 0. The van der Waals surface area contributed by atoms with E-state index in [0.29, 0.717) is 20.1 Å². The third-order valence-corrected chi connectivity index (χ3v) is 3.88. The average Bonchev–Trinajstić information content (AvgIpc) is 2.85. The molecule has 0 fully saturated rings. The molecular weight excluding hydrogens is 343 g/mol. The molecule has 0 aliphatic rings. The molecule has 2 aromatic heterocycles. The minimum absolute atomic E-state index is 0.597. The Morgan fingerprint density at radius 3 is 2.42 bits per heavy atom. The van der Waals surface area contributed by atoms with E-state index in [2.05, 4.69) is 26.0 Å². The standard InChI is InChI=1S/C11H5BrF3N3S/c12-9-17-18-5-8(16-10(18)19-9)6-1-3-7(4-2-6)11(13,14)15/h1-5H. The number of nitrogens with zero attached hydrogens (tertiary/aromatic N) is 3. The van der Waals surface area contributed by atoms with Crippen molar-refractivity contribution in [3.8, 4) is 11.3 Å². The van der Waals surface area contributed by atoms with Crippen molar-refractivity contribution in [2.75, 3.05) is 0 Å². The van der Waals surface area contributed by atoms with Gasteiger partial charge in [0.25, 0.3) is 0 Å². The third-order valence-electron chi connectivity index (χ3n) is 2.53. The molecule has 1 aromatic carbocycles. The molecule has 3 aromatic rings. The van der Waals surface area contributed by atoms with E-state index < -0.39 is 11.7 Å². The fourth-order valence-electron chi connectivity index (χ4n) is 1.64. The Labute approximate surface area is 117 Å². The van der Waals surface area contributed by atoms with Gasteiger partial charge in [-0.25, -0.2) is 9.50 Å². The molecule has 8 heteroatoms. The summed E-state index contributed by atoms with van der Waals surface area (Å²) in [5.74, 6) is 0. The lowest BCUT2D eigenvalue weighted by Crippen LogP contribution is -2.03. The number of imidazole rings is 1. The van der Waals surface area contributed by atoms with E-state index in [1.165, 1.54) is 23.5 Å². The summed E-state index contributed by atoms with van der Waals surface area (Å²) in [5, 5.41) is 4.13. The van der Waals surface area contributed by atoms with Crippen molar-refractivity contribution in [2.24, 2.45) is 0 Å². The van der Waals surface area contributed by atoms with Gasteiger partial charge in [-0.05, 0) is 28.1 Å². The van der Waals surface area contributed by atoms with Crippen LogP contribution in [0.1, 0.15) is 5.56 Å². The molecular formula is C11H5BrF3N3S. The average molecular weight is 348 g/mol. The van der Waals surface area contributed by atoms with E-state index >= 15 is 0 Å². The minimum atomic E-state index is -4.32. The van der Waals surface area contributed by atoms with Crippen molar-refractivity contribution in [1.82, 2.24) is 14.6 Å². The maximum Gasteiger partial charge on any atom is 0.416 e. The summed E-state index contributed by atoms with van der Waals surface area (Å²) in [5.41, 5.74) is 0.555. The predicted molar refractivity (Wildman–Crippen MR) is 69.0 cm³/mol. The van der Waals surface area contributed by atoms with Crippen molar-refractivity contribution in [2.45, 2.75) is 6.18 Å². The summed E-state index contributed by atoms with van der Waals surface area (Å²) >= 11 is 4.59. The second-order valence-electron chi connectivity index (χ2n) is 3.78. The first-order valence-corrected chi connectivity index (χ1v) is 6.74. The Balaban J connectivity index is 1.99. The molecule has 0 spiro atoms. The molecule has 0 saturated carbocycles. The first kappa shape index (κ1) is 12.6. The monoisotopic (exact) mass is 347 g/mol. The van der Waals surface area contributed by atoms with Crippen LogP contribution in [0.4, 0.5) is 13.2 Å². The number of hydrogen-bond acceptors (Lipinski definition) is 3. The van der Waals surface area contributed by atoms with Crippen molar-refractivity contribution >= 4 is 32.2 Å². The van der Waals surface area contributed by atoms with E-state index in [4.69, 9.17) is 0 Å². The molecule has 0 saturated heterocycles. The minimum Gasteiger partial charge on any atom is -0.217 e. The van der Waals surface area contributed by atoms with Gasteiger partial charge in [-0.3, -0.25) is 0 Å². The zero-order chi connectivity index (χ0) is 13.6. The van der Waals surface area contributed by atoms with Gasteiger partial charge >= 0.3 is 6.18 Å². The van der Waals surface area contributed by atoms with E-state index in [9.17, 15) is 13.2 Å². The zero-order valence-electron chi connectivity index (χ0n) is 9.15. The van der Waals surface area contributed by atoms with E-state index in [0.717, 1.165) is 12.1 Å². The van der Waals surface area contributed by atoms with Crippen molar-refractivity contribution < 1.29 is 13.2 Å². The molecule has 3 rings (SSSR count). The maximum absolute atomic E-state index is 12.5. The number of alkyl halides is 3. The van der Waals surface area contributed by atoms with Gasteiger partial charge in [0.1, 0.15) is 0 Å². The van der Waals surface area contributed by atoms with Crippen molar-refractivity contribution in [3.05, 3.63) is 39.9 Å². The first-order chi connectivity index (χ1) is 8.93. The first-order valence-electron chi connectivity index (χ1n) is 5.13. The number of rotatable bonds is 1. The topological polar surface area (TPSA) is 30.2 Å². The lowest BCUT2D eigenvalue weighted by Gasteiger charge is -2.06. The molecule has 0 amide bonds. The largest absolute Gasteiger partial charge is 0.416 e. The highest BCUT2D eigenvalue weighted by atomic mass is 79.9. The molecule has 0 atom stereocenters. The molecule has 3 nitrogen and oxygen atoms in total. The van der Waals surface area contributed by atoms with Crippen LogP contribution in [0.3, 0.4) is 0 Å². The number of fused-ring (bicyclic) bond motifs is 1. The Morgan fingerprint density at radius 1 is 1.16 bits per heavy atom. The Hall–Kier alpha value is -1.41. The smallest absolute Gasteiger partial charge is 0.217 e. The molecule has 19 heavy (non-hydrogen) atoms. The van der Waals surface area contributed by atoms with E-state index in [-0.39, 0.29) is 0 Å². The summed E-state index contributed by atoms with van der Waals surface area (Å²) in [6, 6.07) is 4.91. The Morgan fingerprint density at radius 2 is 1.84 bits per heavy atom. The third kappa shape index (κ3) is 2.37. The van der Waals surface area contributed by atoms with Crippen LogP contribution >= 0.6 is 27.3 Å². The normalized spacial score (nSPS) is 12.2. The summed E-state index contributed by atoms with van der Waals surface area (Å²) < 4.78 is 39.6. The van der Waals surface area contributed by atoms with Crippen LogP contribution in [0.2, 0.25) is 0 Å². The van der Waals surface area contributed by atoms with Gasteiger partial charge < -0.3 is 0 Å². The zero-order valence-corrected chi connectivity index (χ0v) is 11.6. The van der Waals surface area contributed by atoms with Gasteiger partial charge in [-0.2, -0.15) is 13.2 Å². The highest BCUT2D eigenvalue weighted by molar-refractivity contribution is 9.11. The molecule has 2 heterocycles. The summed E-state index contributed by atoms with van der Waals surface area (Å²) in [6.07, 6.45) is -2.64. The van der Waals surface area contributed by atoms with Crippen LogP contribution in [0.15, 0.2) is 34.4 Å². The number of benzene rings is 1. The van der Waals surface area contributed by atoms with E-state index in [1.54, 1.807) is 10.7 Å². The molecule has 98 valence electrons. The van der Waals surface area contributed by atoms with Crippen molar-refractivity contribution in [1.29, 1.82) is 0 Å². The van der Waals surface area contributed by atoms with Crippen molar-refractivity contribution in [3.63, 3.8) is 0 Å². The quantitative estimate of drug-likeness (QED) is 0.659. The molecule has 0 bridgehead atoms. The molecule has 0 aliphatic carbocycles. The van der Waals surface area contributed by atoms with Crippen LogP contribution in [-0.2, 0) is 6.18 Å². The Bertz CT molecular complexity index is 698. The van der Waals surface area contributed by atoms with Crippen LogP contribution < -0.4 is 0 Å².